The van der Waals surface area contributed by atoms with Crippen molar-refractivity contribution in [2.75, 3.05) is 40.0 Å². The summed E-state index contributed by atoms with van der Waals surface area (Å²) < 4.78 is 10.8. The van der Waals surface area contributed by atoms with Gasteiger partial charge in [0.1, 0.15) is 10.6 Å². The van der Waals surface area contributed by atoms with E-state index in [1.165, 1.54) is 11.3 Å². The average Bonchev–Trinajstić information content (AvgIpc) is 3.22. The van der Waals surface area contributed by atoms with Crippen LogP contribution in [0.5, 0.6) is 5.75 Å². The molecule has 1 saturated heterocycles. The Hall–Kier alpha value is -2.74. The maximum atomic E-state index is 13.2. The number of rotatable bonds is 7. The predicted octanol–water partition coefficient (Wildman–Crippen LogP) is 3.93. The third kappa shape index (κ3) is 5.12. The topological polar surface area (TPSA) is 63.7 Å². The number of nitrogens with one attached hydrogen (secondary N) is 1. The van der Waals surface area contributed by atoms with Crippen LogP contribution in [0.2, 0.25) is 0 Å². The number of aromatic nitrogens is 1. The lowest BCUT2D eigenvalue weighted by atomic mass is 10.0. The van der Waals surface area contributed by atoms with Crippen LogP contribution in [0.25, 0.3) is 11.3 Å². The minimum Gasteiger partial charge on any atom is -0.497 e. The van der Waals surface area contributed by atoms with Crippen molar-refractivity contribution in [3.63, 3.8) is 0 Å². The molecule has 1 fully saturated rings. The molecule has 0 aliphatic carbocycles. The van der Waals surface area contributed by atoms with Crippen molar-refractivity contribution >= 4 is 17.2 Å². The summed E-state index contributed by atoms with van der Waals surface area (Å²) in [6, 6.07) is 18.0. The standard InChI is InChI=1S/C24H27N3O3S/c1-17-26-22(19-6-4-3-5-7-19)23(31-17)24(28)25-16-21(27-12-14-30-15-13-27)18-8-10-20(29-2)11-9-18/h3-11,21H,12-16H2,1-2H3,(H,25,28). The van der Waals surface area contributed by atoms with Gasteiger partial charge in [-0.2, -0.15) is 0 Å². The van der Waals surface area contributed by atoms with Gasteiger partial charge in [-0.05, 0) is 24.6 Å². The van der Waals surface area contributed by atoms with E-state index in [9.17, 15) is 4.79 Å². The first-order chi connectivity index (χ1) is 15.2. The Labute approximate surface area is 186 Å². The van der Waals surface area contributed by atoms with Crippen LogP contribution in [0, 0.1) is 6.92 Å². The van der Waals surface area contributed by atoms with Crippen LogP contribution in [-0.4, -0.2) is 55.7 Å². The van der Waals surface area contributed by atoms with Gasteiger partial charge in [0.2, 0.25) is 0 Å². The predicted molar refractivity (Wildman–Crippen MR) is 123 cm³/mol. The van der Waals surface area contributed by atoms with Crippen LogP contribution < -0.4 is 10.1 Å². The molecular weight excluding hydrogens is 410 g/mol. The van der Waals surface area contributed by atoms with Gasteiger partial charge in [0, 0.05) is 25.2 Å². The van der Waals surface area contributed by atoms with E-state index in [4.69, 9.17) is 9.47 Å². The molecule has 2 aromatic carbocycles. The van der Waals surface area contributed by atoms with E-state index in [1.807, 2.05) is 49.4 Å². The quantitative estimate of drug-likeness (QED) is 0.607. The van der Waals surface area contributed by atoms with Crippen molar-refractivity contribution in [3.05, 3.63) is 70.0 Å². The van der Waals surface area contributed by atoms with E-state index in [0.29, 0.717) is 24.6 Å². The summed E-state index contributed by atoms with van der Waals surface area (Å²) in [6.07, 6.45) is 0. The maximum absolute atomic E-state index is 13.2. The van der Waals surface area contributed by atoms with Crippen LogP contribution in [0.3, 0.4) is 0 Å². The fourth-order valence-corrected chi connectivity index (χ4v) is 4.67. The van der Waals surface area contributed by atoms with Crippen molar-refractivity contribution in [2.24, 2.45) is 0 Å². The van der Waals surface area contributed by atoms with Gasteiger partial charge in [-0.25, -0.2) is 4.98 Å². The van der Waals surface area contributed by atoms with Gasteiger partial charge in [-0.15, -0.1) is 11.3 Å². The first-order valence-corrected chi connectivity index (χ1v) is 11.2. The minimum atomic E-state index is -0.0868. The van der Waals surface area contributed by atoms with E-state index >= 15 is 0 Å². The van der Waals surface area contributed by atoms with Gasteiger partial charge >= 0.3 is 0 Å². The second-order valence-corrected chi connectivity index (χ2v) is 8.63. The number of thiazole rings is 1. The normalized spacial score (nSPS) is 15.4. The summed E-state index contributed by atoms with van der Waals surface area (Å²) >= 11 is 1.43. The third-order valence-electron chi connectivity index (χ3n) is 5.43. The van der Waals surface area contributed by atoms with E-state index in [1.54, 1.807) is 7.11 Å². The number of carbonyl (C=O) groups is 1. The summed E-state index contributed by atoms with van der Waals surface area (Å²) in [5.41, 5.74) is 2.84. The molecule has 0 saturated carbocycles. The zero-order chi connectivity index (χ0) is 21.6. The van der Waals surface area contributed by atoms with Gasteiger partial charge in [0.05, 0.1) is 37.1 Å². The molecule has 162 valence electrons. The number of morpholine rings is 1. The number of nitrogens with zero attached hydrogens (tertiary/aromatic N) is 2. The Balaban J connectivity index is 1.53. The summed E-state index contributed by atoms with van der Waals surface area (Å²) in [4.78, 5) is 20.8. The van der Waals surface area contributed by atoms with Crippen LogP contribution in [-0.2, 0) is 4.74 Å². The van der Waals surface area contributed by atoms with Gasteiger partial charge < -0.3 is 14.8 Å². The number of ether oxygens (including phenoxy) is 2. The Morgan fingerprint density at radius 3 is 2.55 bits per heavy atom. The summed E-state index contributed by atoms with van der Waals surface area (Å²) in [7, 11) is 1.66. The Morgan fingerprint density at radius 1 is 1.16 bits per heavy atom. The zero-order valence-corrected chi connectivity index (χ0v) is 18.7. The molecular formula is C24H27N3O3S. The molecule has 4 rings (SSSR count). The number of hydrogen-bond donors (Lipinski definition) is 1. The number of benzene rings is 2. The third-order valence-corrected chi connectivity index (χ3v) is 6.40. The van der Waals surface area contributed by atoms with Crippen molar-refractivity contribution in [1.29, 1.82) is 0 Å². The number of hydrogen-bond acceptors (Lipinski definition) is 6. The molecule has 6 nitrogen and oxygen atoms in total. The molecule has 0 bridgehead atoms. The molecule has 2 heterocycles. The summed E-state index contributed by atoms with van der Waals surface area (Å²) in [5, 5.41) is 4.04. The van der Waals surface area contributed by atoms with Crippen molar-refractivity contribution < 1.29 is 14.3 Å². The van der Waals surface area contributed by atoms with E-state index < -0.39 is 0 Å². The first-order valence-electron chi connectivity index (χ1n) is 10.4. The first kappa shape index (κ1) is 21.5. The van der Waals surface area contributed by atoms with E-state index in [-0.39, 0.29) is 11.9 Å². The fraction of sp³-hybridized carbons (Fsp3) is 0.333. The maximum Gasteiger partial charge on any atom is 0.263 e. The Morgan fingerprint density at radius 2 is 1.87 bits per heavy atom. The lowest BCUT2D eigenvalue weighted by Crippen LogP contribution is -2.43. The molecule has 7 heteroatoms. The van der Waals surface area contributed by atoms with Crippen molar-refractivity contribution in [1.82, 2.24) is 15.2 Å². The molecule has 1 unspecified atom stereocenters. The second-order valence-electron chi connectivity index (χ2n) is 7.42. The van der Waals surface area contributed by atoms with Gasteiger partial charge in [0.25, 0.3) is 5.91 Å². The number of amides is 1. The van der Waals surface area contributed by atoms with Gasteiger partial charge in [-0.3, -0.25) is 9.69 Å². The van der Waals surface area contributed by atoms with Gasteiger partial charge in [-0.1, -0.05) is 42.5 Å². The molecule has 1 aromatic heterocycles. The molecule has 1 N–H and O–H groups in total. The highest BCUT2D eigenvalue weighted by Crippen LogP contribution is 2.29. The Kier molecular flexibility index (Phi) is 6.96. The average molecular weight is 438 g/mol. The number of aryl methyl sites for hydroxylation is 1. The van der Waals surface area contributed by atoms with Crippen LogP contribution in [0.15, 0.2) is 54.6 Å². The molecule has 31 heavy (non-hydrogen) atoms. The van der Waals surface area contributed by atoms with Crippen molar-refractivity contribution in [3.8, 4) is 17.0 Å². The van der Waals surface area contributed by atoms with E-state index in [2.05, 4.69) is 27.3 Å². The van der Waals surface area contributed by atoms with Crippen LogP contribution >= 0.6 is 11.3 Å². The monoisotopic (exact) mass is 437 g/mol. The lowest BCUT2D eigenvalue weighted by molar-refractivity contribution is 0.0162. The molecule has 0 spiro atoms. The SMILES string of the molecule is COc1ccc(C(CNC(=O)c2sc(C)nc2-c2ccccc2)N2CCOCC2)cc1. The molecule has 3 aromatic rings. The lowest BCUT2D eigenvalue weighted by Gasteiger charge is -2.35. The zero-order valence-electron chi connectivity index (χ0n) is 17.8. The van der Waals surface area contributed by atoms with Crippen LogP contribution in [0.4, 0.5) is 0 Å². The summed E-state index contributed by atoms with van der Waals surface area (Å²) in [6.45, 7) is 5.51. The Bertz CT molecular complexity index is 999. The van der Waals surface area contributed by atoms with Crippen molar-refractivity contribution in [2.45, 2.75) is 13.0 Å². The summed E-state index contributed by atoms with van der Waals surface area (Å²) in [5.74, 6) is 0.734. The number of methoxy groups -OCH3 is 1. The molecule has 1 atom stereocenters. The van der Waals surface area contributed by atoms with E-state index in [0.717, 1.165) is 40.7 Å². The highest BCUT2D eigenvalue weighted by molar-refractivity contribution is 7.14. The molecule has 1 amide bonds. The molecule has 0 radical (unpaired) electrons. The minimum absolute atomic E-state index is 0.0629. The second kappa shape index (κ2) is 10.0. The highest BCUT2D eigenvalue weighted by atomic mass is 32.1. The highest BCUT2D eigenvalue weighted by Gasteiger charge is 2.25. The molecule has 1 aliphatic rings. The van der Waals surface area contributed by atoms with Crippen LogP contribution in [0.1, 0.15) is 26.3 Å². The smallest absolute Gasteiger partial charge is 0.263 e. The largest absolute Gasteiger partial charge is 0.497 e. The number of carbonyl (C=O) groups excluding carboxylic acids is 1. The van der Waals surface area contributed by atoms with Gasteiger partial charge in [0.15, 0.2) is 0 Å². The fourth-order valence-electron chi connectivity index (χ4n) is 3.82. The molecule has 1 aliphatic heterocycles.